The van der Waals surface area contributed by atoms with E-state index in [1.807, 2.05) is 34.7 Å². The smallest absolute Gasteiger partial charge is 0.311 e. The number of aliphatic carboxylic acids is 1. The molecule has 0 aromatic heterocycles. The molecular weight excluding hydrogens is 270 g/mol. The fourth-order valence-corrected chi connectivity index (χ4v) is 2.42. The van der Waals surface area contributed by atoms with Gasteiger partial charge in [-0.25, -0.2) is 0 Å². The minimum atomic E-state index is -0.684. The molecule has 0 aromatic carbocycles. The molecule has 1 heterocycles. The van der Waals surface area contributed by atoms with Crippen LogP contribution in [0.4, 0.5) is 0 Å². The number of likely N-dealkylation sites (tertiary alicyclic amines) is 1. The van der Waals surface area contributed by atoms with Crippen molar-refractivity contribution in [1.29, 1.82) is 0 Å². The molecular formula is C16H29NO4. The Bertz CT molecular complexity index is 362. The van der Waals surface area contributed by atoms with Crippen molar-refractivity contribution >= 4 is 12.4 Å². The summed E-state index contributed by atoms with van der Waals surface area (Å²) in [7, 11) is 1.98. The number of hydrogen-bond acceptors (Lipinski definition) is 4. The summed E-state index contributed by atoms with van der Waals surface area (Å²) in [6.45, 7) is 13.2. The van der Waals surface area contributed by atoms with E-state index in [0.717, 1.165) is 19.4 Å². The van der Waals surface area contributed by atoms with Gasteiger partial charge < -0.3 is 14.7 Å². The Hall–Kier alpha value is -1.36. The van der Waals surface area contributed by atoms with E-state index in [1.54, 1.807) is 6.08 Å². The second kappa shape index (κ2) is 8.17. The average Bonchev–Trinajstić information content (AvgIpc) is 2.36. The maximum atomic E-state index is 11.3. The Morgan fingerprint density at radius 2 is 2.05 bits per heavy atom. The summed E-state index contributed by atoms with van der Waals surface area (Å²) in [4.78, 5) is 23.0. The fraction of sp³-hybridized carbons (Fsp3) is 0.750. The van der Waals surface area contributed by atoms with Crippen LogP contribution in [0.5, 0.6) is 0 Å². The van der Waals surface area contributed by atoms with Crippen molar-refractivity contribution in [3.05, 3.63) is 12.7 Å². The molecule has 5 nitrogen and oxygen atoms in total. The molecule has 0 amide bonds. The fourth-order valence-electron chi connectivity index (χ4n) is 2.42. The third-order valence-electron chi connectivity index (χ3n) is 3.77. The predicted octanol–water partition coefficient (Wildman–Crippen LogP) is 2.56. The number of hydrogen-bond donors (Lipinski definition) is 1. The standard InChI is InChI=1S/C11H19NO2.C5H10O2/c1-4-9(2)11(10(13)14)6-5-7-12(3)8-11;1-5(2,3)7-4-6/h4,9H,1,5-8H2,2-3H3,(H,13,14);4H,1-3H3. The molecule has 0 bridgehead atoms. The number of rotatable bonds is 4. The first-order chi connectivity index (χ1) is 9.59. The quantitative estimate of drug-likeness (QED) is 0.638. The van der Waals surface area contributed by atoms with E-state index < -0.39 is 11.4 Å². The third-order valence-corrected chi connectivity index (χ3v) is 3.77. The summed E-state index contributed by atoms with van der Waals surface area (Å²) in [6, 6.07) is 0. The van der Waals surface area contributed by atoms with Crippen LogP contribution < -0.4 is 0 Å². The number of allylic oxidation sites excluding steroid dienone is 1. The zero-order valence-corrected chi connectivity index (χ0v) is 13.9. The molecule has 1 N–H and O–H groups in total. The minimum absolute atomic E-state index is 0.0303. The van der Waals surface area contributed by atoms with Crippen molar-refractivity contribution in [2.45, 2.75) is 46.1 Å². The Balaban J connectivity index is 0.000000486. The molecule has 1 fully saturated rings. The normalized spacial score (nSPS) is 24.2. The lowest BCUT2D eigenvalue weighted by molar-refractivity contribution is -0.155. The van der Waals surface area contributed by atoms with Crippen LogP contribution in [0.2, 0.25) is 0 Å². The first kappa shape index (κ1) is 19.6. The van der Waals surface area contributed by atoms with E-state index in [4.69, 9.17) is 0 Å². The highest BCUT2D eigenvalue weighted by atomic mass is 16.5. The molecule has 2 atom stereocenters. The number of nitrogens with zero attached hydrogens (tertiary/aromatic N) is 1. The second-order valence-corrected chi connectivity index (χ2v) is 6.65. The van der Waals surface area contributed by atoms with Gasteiger partial charge in [-0.15, -0.1) is 6.58 Å². The van der Waals surface area contributed by atoms with Crippen molar-refractivity contribution < 1.29 is 19.4 Å². The number of ether oxygens (including phenoxy) is 1. The van der Waals surface area contributed by atoms with Crippen molar-refractivity contribution in [3.63, 3.8) is 0 Å². The lowest BCUT2D eigenvalue weighted by Gasteiger charge is -2.41. The lowest BCUT2D eigenvalue weighted by atomic mass is 9.70. The van der Waals surface area contributed by atoms with Crippen LogP contribution >= 0.6 is 0 Å². The van der Waals surface area contributed by atoms with Crippen LogP contribution in [0.1, 0.15) is 40.5 Å². The maximum Gasteiger partial charge on any atom is 0.311 e. The van der Waals surface area contributed by atoms with E-state index in [0.29, 0.717) is 13.0 Å². The monoisotopic (exact) mass is 299 g/mol. The van der Waals surface area contributed by atoms with E-state index in [1.165, 1.54) is 0 Å². The van der Waals surface area contributed by atoms with Gasteiger partial charge >= 0.3 is 5.97 Å². The van der Waals surface area contributed by atoms with E-state index >= 15 is 0 Å². The van der Waals surface area contributed by atoms with Gasteiger partial charge in [-0.05, 0) is 53.1 Å². The summed E-state index contributed by atoms with van der Waals surface area (Å²) in [5.41, 5.74) is -0.934. The Morgan fingerprint density at radius 1 is 1.48 bits per heavy atom. The molecule has 122 valence electrons. The summed E-state index contributed by atoms with van der Waals surface area (Å²) in [6.07, 6.45) is 3.48. The molecule has 0 spiro atoms. The highest BCUT2D eigenvalue weighted by Gasteiger charge is 2.44. The second-order valence-electron chi connectivity index (χ2n) is 6.65. The number of carboxylic acids is 1. The van der Waals surface area contributed by atoms with E-state index in [9.17, 15) is 14.7 Å². The van der Waals surface area contributed by atoms with Crippen LogP contribution in [0.25, 0.3) is 0 Å². The van der Waals surface area contributed by atoms with Gasteiger partial charge in [0.2, 0.25) is 0 Å². The molecule has 0 radical (unpaired) electrons. The zero-order valence-electron chi connectivity index (χ0n) is 13.9. The molecule has 21 heavy (non-hydrogen) atoms. The maximum absolute atomic E-state index is 11.3. The third kappa shape index (κ3) is 6.29. The Morgan fingerprint density at radius 3 is 2.33 bits per heavy atom. The SMILES string of the molecule is C=CC(C)C1(C(=O)O)CCCN(C)C1.CC(C)(C)OC=O. The average molecular weight is 299 g/mol. The lowest BCUT2D eigenvalue weighted by Crippen LogP contribution is -2.49. The molecule has 5 heteroatoms. The molecule has 0 saturated carbocycles. The van der Waals surface area contributed by atoms with Crippen LogP contribution in [-0.2, 0) is 14.3 Å². The van der Waals surface area contributed by atoms with Gasteiger partial charge in [0.05, 0.1) is 5.41 Å². The van der Waals surface area contributed by atoms with E-state index in [-0.39, 0.29) is 11.5 Å². The van der Waals surface area contributed by atoms with Crippen molar-refractivity contribution in [2.24, 2.45) is 11.3 Å². The molecule has 1 rings (SSSR count). The number of carbonyl (C=O) groups excluding carboxylic acids is 1. The molecule has 1 aliphatic heterocycles. The Labute approximate surface area is 128 Å². The molecule has 2 unspecified atom stereocenters. The van der Waals surface area contributed by atoms with Gasteiger partial charge in [-0.2, -0.15) is 0 Å². The van der Waals surface area contributed by atoms with Crippen molar-refractivity contribution in [1.82, 2.24) is 4.90 Å². The predicted molar refractivity (Wildman–Crippen MR) is 83.1 cm³/mol. The number of piperidine rings is 1. The topological polar surface area (TPSA) is 66.8 Å². The summed E-state index contributed by atoms with van der Waals surface area (Å²) in [5.74, 6) is -0.654. The summed E-state index contributed by atoms with van der Waals surface area (Å²) < 4.78 is 4.55. The van der Waals surface area contributed by atoms with Gasteiger partial charge in [0.15, 0.2) is 0 Å². The highest BCUT2D eigenvalue weighted by molar-refractivity contribution is 5.75. The molecule has 0 aliphatic carbocycles. The van der Waals surface area contributed by atoms with Gasteiger partial charge in [0, 0.05) is 6.54 Å². The molecule has 1 saturated heterocycles. The van der Waals surface area contributed by atoms with Gasteiger partial charge in [0.1, 0.15) is 5.60 Å². The molecule has 0 aromatic rings. The van der Waals surface area contributed by atoms with Crippen LogP contribution in [0, 0.1) is 11.3 Å². The van der Waals surface area contributed by atoms with Crippen LogP contribution in [0.15, 0.2) is 12.7 Å². The minimum Gasteiger partial charge on any atom is -0.481 e. The van der Waals surface area contributed by atoms with Gasteiger partial charge in [-0.1, -0.05) is 13.0 Å². The first-order valence-electron chi connectivity index (χ1n) is 7.25. The number of carboxylic acid groups (broad SMARTS) is 1. The molecule has 1 aliphatic rings. The van der Waals surface area contributed by atoms with Crippen LogP contribution in [0.3, 0.4) is 0 Å². The number of carbonyl (C=O) groups is 2. The highest BCUT2D eigenvalue weighted by Crippen LogP contribution is 2.37. The summed E-state index contributed by atoms with van der Waals surface area (Å²) in [5, 5.41) is 9.33. The van der Waals surface area contributed by atoms with Gasteiger partial charge in [0.25, 0.3) is 6.47 Å². The first-order valence-corrected chi connectivity index (χ1v) is 7.25. The van der Waals surface area contributed by atoms with E-state index in [2.05, 4.69) is 16.2 Å². The largest absolute Gasteiger partial charge is 0.481 e. The van der Waals surface area contributed by atoms with Crippen molar-refractivity contribution in [2.75, 3.05) is 20.1 Å². The summed E-state index contributed by atoms with van der Waals surface area (Å²) >= 11 is 0. The van der Waals surface area contributed by atoms with Crippen molar-refractivity contribution in [3.8, 4) is 0 Å². The van der Waals surface area contributed by atoms with Gasteiger partial charge in [-0.3, -0.25) is 9.59 Å². The zero-order chi connectivity index (χ0) is 16.7. The van der Waals surface area contributed by atoms with Crippen LogP contribution in [-0.4, -0.2) is 48.2 Å². The Kier molecular flexibility index (Phi) is 7.64.